The van der Waals surface area contributed by atoms with Crippen LogP contribution in [-0.4, -0.2) is 4.92 Å². The maximum absolute atomic E-state index is 13.9. The number of rotatable bonds is 7. The molecule has 0 saturated heterocycles. The molecule has 10 heteroatoms. The second-order valence-corrected chi connectivity index (χ2v) is 8.25. The summed E-state index contributed by atoms with van der Waals surface area (Å²) >= 11 is 0. The quantitative estimate of drug-likeness (QED) is 0.197. The molecule has 0 aliphatic heterocycles. The largest absolute Gasteiger partial charge is 0.489 e. The van der Waals surface area contributed by atoms with Crippen LogP contribution in [0.5, 0.6) is 17.2 Å². The van der Waals surface area contributed by atoms with Crippen LogP contribution in [0.4, 0.5) is 18.9 Å². The van der Waals surface area contributed by atoms with Crippen LogP contribution in [0.25, 0.3) is 11.0 Å². The summed E-state index contributed by atoms with van der Waals surface area (Å²) in [7, 11) is 0. The van der Waals surface area contributed by atoms with Gasteiger partial charge in [-0.3, -0.25) is 14.9 Å². The molecule has 0 saturated carbocycles. The number of nitrogens with zero attached hydrogens (tertiary/aromatic N) is 1. The lowest BCUT2D eigenvalue weighted by atomic mass is 10.0. The molecule has 7 nitrogen and oxygen atoms in total. The molecule has 0 amide bonds. The maximum atomic E-state index is 13.9. The lowest BCUT2D eigenvalue weighted by Gasteiger charge is -2.16. The molecule has 36 heavy (non-hydrogen) atoms. The van der Waals surface area contributed by atoms with Crippen LogP contribution in [0.15, 0.2) is 75.9 Å². The van der Waals surface area contributed by atoms with Crippen LogP contribution in [0.3, 0.4) is 0 Å². The van der Waals surface area contributed by atoms with Crippen LogP contribution in [-0.2, 0) is 12.8 Å². The number of nitro groups is 1. The number of non-ortho nitro benzene ring substituents is 1. The van der Waals surface area contributed by atoms with Crippen molar-refractivity contribution < 1.29 is 32.0 Å². The van der Waals surface area contributed by atoms with Gasteiger partial charge in [-0.25, -0.2) is 0 Å². The van der Waals surface area contributed by atoms with E-state index in [-0.39, 0.29) is 40.7 Å². The van der Waals surface area contributed by atoms with E-state index in [0.717, 1.165) is 0 Å². The van der Waals surface area contributed by atoms with E-state index < -0.39 is 28.0 Å². The van der Waals surface area contributed by atoms with E-state index in [1.807, 2.05) is 13.8 Å². The Bertz CT molecular complexity index is 1480. The zero-order valence-electron chi connectivity index (χ0n) is 19.2. The fourth-order valence-electron chi connectivity index (χ4n) is 3.57. The number of ether oxygens (including phenoxy) is 2. The molecule has 0 aliphatic carbocycles. The summed E-state index contributed by atoms with van der Waals surface area (Å²) < 4.78 is 57.9. The molecule has 1 aromatic heterocycles. The van der Waals surface area contributed by atoms with Crippen LogP contribution in [0.1, 0.15) is 36.7 Å². The summed E-state index contributed by atoms with van der Waals surface area (Å²) in [5.74, 6) is -2.27. The first-order valence-electron chi connectivity index (χ1n) is 10.9. The highest BCUT2D eigenvalue weighted by Crippen LogP contribution is 2.40. The molecule has 0 unspecified atom stereocenters. The van der Waals surface area contributed by atoms with Gasteiger partial charge in [0.2, 0.25) is 11.2 Å². The molecular weight excluding hydrogens is 479 g/mol. The molecule has 0 spiro atoms. The van der Waals surface area contributed by atoms with Crippen LogP contribution >= 0.6 is 0 Å². The summed E-state index contributed by atoms with van der Waals surface area (Å²) in [6.45, 7) is 3.70. The van der Waals surface area contributed by atoms with Gasteiger partial charge in [0.1, 0.15) is 23.7 Å². The maximum Gasteiger partial charge on any atom is 0.453 e. The van der Waals surface area contributed by atoms with E-state index >= 15 is 0 Å². The van der Waals surface area contributed by atoms with Crippen LogP contribution in [0, 0.1) is 10.1 Å². The third kappa shape index (κ3) is 5.17. The van der Waals surface area contributed by atoms with Crippen molar-refractivity contribution in [1.29, 1.82) is 0 Å². The Morgan fingerprint density at radius 3 is 2.36 bits per heavy atom. The van der Waals surface area contributed by atoms with E-state index in [4.69, 9.17) is 13.9 Å². The van der Waals surface area contributed by atoms with Crippen molar-refractivity contribution in [3.63, 3.8) is 0 Å². The minimum absolute atomic E-state index is 0.00690. The van der Waals surface area contributed by atoms with Crippen molar-refractivity contribution in [2.75, 3.05) is 0 Å². The Morgan fingerprint density at radius 1 is 1.03 bits per heavy atom. The van der Waals surface area contributed by atoms with Crippen molar-refractivity contribution in [2.24, 2.45) is 0 Å². The van der Waals surface area contributed by atoms with Gasteiger partial charge in [0.25, 0.3) is 11.4 Å². The molecule has 3 aromatic carbocycles. The Balaban J connectivity index is 1.69. The molecule has 1 heterocycles. The van der Waals surface area contributed by atoms with Gasteiger partial charge < -0.3 is 13.9 Å². The number of fused-ring (bicyclic) bond motifs is 1. The second kappa shape index (κ2) is 9.73. The minimum atomic E-state index is -4.99. The normalized spacial score (nSPS) is 11.6. The molecular formula is C26H20F3NO6. The number of hydrogen-bond acceptors (Lipinski definition) is 6. The average Bonchev–Trinajstić information content (AvgIpc) is 2.84. The third-order valence-electron chi connectivity index (χ3n) is 5.39. The predicted molar refractivity (Wildman–Crippen MR) is 126 cm³/mol. The van der Waals surface area contributed by atoms with Crippen molar-refractivity contribution in [3.05, 3.63) is 104 Å². The van der Waals surface area contributed by atoms with Crippen molar-refractivity contribution in [1.82, 2.24) is 0 Å². The molecule has 0 atom stereocenters. The average molecular weight is 499 g/mol. The zero-order valence-corrected chi connectivity index (χ0v) is 19.2. The van der Waals surface area contributed by atoms with Crippen LogP contribution in [0.2, 0.25) is 0 Å². The monoisotopic (exact) mass is 499 g/mol. The van der Waals surface area contributed by atoms with Gasteiger partial charge in [0, 0.05) is 18.2 Å². The summed E-state index contributed by atoms with van der Waals surface area (Å²) in [5, 5.41) is 10.7. The lowest BCUT2D eigenvalue weighted by molar-refractivity contribution is -0.384. The highest BCUT2D eigenvalue weighted by Gasteiger charge is 2.40. The Kier molecular flexibility index (Phi) is 6.69. The number of alkyl halides is 3. The highest BCUT2D eigenvalue weighted by molar-refractivity contribution is 5.79. The predicted octanol–water partition coefficient (Wildman–Crippen LogP) is 7.21. The molecule has 0 fully saturated rings. The SMILES string of the molecule is CC(C)c1ccccc1Oc1c(C(F)(F)F)oc2cc(OCc3ccc([N+](=O)[O-])cc3)ccc2c1=O. The molecule has 186 valence electrons. The fraction of sp³-hybridized carbons (Fsp3) is 0.192. The summed E-state index contributed by atoms with van der Waals surface area (Å²) in [6.07, 6.45) is -4.99. The van der Waals surface area contributed by atoms with Gasteiger partial charge in [-0.05, 0) is 47.4 Å². The highest BCUT2D eigenvalue weighted by atomic mass is 19.4. The first kappa shape index (κ1) is 24.8. The summed E-state index contributed by atoms with van der Waals surface area (Å²) in [6, 6.07) is 16.1. The standard InChI is InChI=1S/C26H20F3NO6/c1-15(2)19-5-3-4-6-21(19)35-24-23(31)20-12-11-18(13-22(20)36-25(24)26(27,28)29)34-14-16-7-9-17(10-8-16)30(32)33/h3-13,15H,14H2,1-2H3. The lowest BCUT2D eigenvalue weighted by Crippen LogP contribution is -2.16. The smallest absolute Gasteiger partial charge is 0.453 e. The van der Waals surface area contributed by atoms with E-state index in [2.05, 4.69) is 0 Å². The Morgan fingerprint density at radius 2 is 1.72 bits per heavy atom. The van der Waals surface area contributed by atoms with Crippen molar-refractivity contribution in [3.8, 4) is 17.2 Å². The zero-order chi connectivity index (χ0) is 26.0. The van der Waals surface area contributed by atoms with Gasteiger partial charge in [-0.2, -0.15) is 13.2 Å². The van der Waals surface area contributed by atoms with Gasteiger partial charge in [0.15, 0.2) is 0 Å². The molecule has 0 radical (unpaired) electrons. The van der Waals surface area contributed by atoms with Gasteiger partial charge in [-0.15, -0.1) is 0 Å². The molecule has 0 N–H and O–H groups in total. The van der Waals surface area contributed by atoms with E-state index in [9.17, 15) is 28.1 Å². The number of para-hydroxylation sites is 1. The Hall–Kier alpha value is -4.34. The number of hydrogen-bond donors (Lipinski definition) is 0. The molecule has 0 aliphatic rings. The van der Waals surface area contributed by atoms with Crippen molar-refractivity contribution >= 4 is 16.7 Å². The van der Waals surface area contributed by atoms with E-state index in [1.54, 1.807) is 18.2 Å². The first-order valence-corrected chi connectivity index (χ1v) is 10.9. The number of nitro benzene ring substituents is 1. The topological polar surface area (TPSA) is 91.8 Å². The van der Waals surface area contributed by atoms with Crippen molar-refractivity contribution in [2.45, 2.75) is 32.5 Å². The Labute approximate surface area is 202 Å². The number of halogens is 3. The number of benzene rings is 3. The molecule has 4 rings (SSSR count). The van der Waals surface area contributed by atoms with E-state index in [1.165, 1.54) is 48.5 Å². The van der Waals surface area contributed by atoms with Crippen LogP contribution < -0.4 is 14.9 Å². The van der Waals surface area contributed by atoms with Gasteiger partial charge in [-0.1, -0.05) is 32.0 Å². The minimum Gasteiger partial charge on any atom is -0.489 e. The third-order valence-corrected chi connectivity index (χ3v) is 5.39. The summed E-state index contributed by atoms with van der Waals surface area (Å²) in [4.78, 5) is 23.3. The fourth-order valence-corrected chi connectivity index (χ4v) is 3.57. The molecule has 0 bridgehead atoms. The summed E-state index contributed by atoms with van der Waals surface area (Å²) in [5.41, 5.74) is -0.132. The molecule has 4 aromatic rings. The van der Waals surface area contributed by atoms with Gasteiger partial charge >= 0.3 is 6.18 Å². The second-order valence-electron chi connectivity index (χ2n) is 8.25. The van der Waals surface area contributed by atoms with E-state index in [0.29, 0.717) is 11.1 Å². The first-order chi connectivity index (χ1) is 17.0. The van der Waals surface area contributed by atoms with Gasteiger partial charge in [0.05, 0.1) is 10.3 Å².